The molecule has 1 aliphatic carbocycles. The minimum atomic E-state index is -0.126. The molecule has 0 bridgehead atoms. The molecule has 0 aliphatic heterocycles. The summed E-state index contributed by atoms with van der Waals surface area (Å²) < 4.78 is 6.84. The lowest BCUT2D eigenvalue weighted by molar-refractivity contribution is -0.143. The maximum Gasteiger partial charge on any atom is 0.305 e. The molecular weight excluding hydrogens is 264 g/mol. The summed E-state index contributed by atoms with van der Waals surface area (Å²) in [6.07, 6.45) is 6.12. The van der Waals surface area contributed by atoms with E-state index in [2.05, 4.69) is 15.5 Å². The fourth-order valence-corrected chi connectivity index (χ4v) is 3.15. The van der Waals surface area contributed by atoms with Crippen molar-refractivity contribution in [3.05, 3.63) is 0 Å². The predicted octanol–water partition coefficient (Wildman–Crippen LogP) is 2.22. The summed E-state index contributed by atoms with van der Waals surface area (Å²) in [6.45, 7) is 2.27. The predicted molar refractivity (Wildman–Crippen MR) is 71.9 cm³/mol. The van der Waals surface area contributed by atoms with Crippen molar-refractivity contribution in [3.63, 3.8) is 0 Å². The number of carbonyl (C=O) groups excluding carboxylic acids is 1. The second-order valence-corrected chi connectivity index (χ2v) is 5.66. The van der Waals surface area contributed by atoms with E-state index in [-0.39, 0.29) is 5.97 Å². The van der Waals surface area contributed by atoms with E-state index in [1.54, 1.807) is 11.8 Å². The van der Waals surface area contributed by atoms with Crippen molar-refractivity contribution < 1.29 is 9.53 Å². The van der Waals surface area contributed by atoms with E-state index >= 15 is 0 Å². The number of carbonyl (C=O) groups is 1. The van der Waals surface area contributed by atoms with Crippen molar-refractivity contribution in [2.45, 2.75) is 56.6 Å². The molecule has 1 aliphatic rings. The number of esters is 1. The van der Waals surface area contributed by atoms with Crippen LogP contribution in [0.3, 0.4) is 0 Å². The van der Waals surface area contributed by atoms with Gasteiger partial charge in [0.2, 0.25) is 5.16 Å². The molecule has 1 heterocycles. The lowest BCUT2D eigenvalue weighted by Crippen LogP contribution is -2.08. The van der Waals surface area contributed by atoms with Gasteiger partial charge in [0.05, 0.1) is 12.6 Å². The van der Waals surface area contributed by atoms with Crippen LogP contribution in [-0.2, 0) is 9.53 Å². The summed E-state index contributed by atoms with van der Waals surface area (Å²) in [6, 6.07) is 0.461. The first-order valence-corrected chi connectivity index (χ1v) is 7.86. The summed E-state index contributed by atoms with van der Waals surface area (Å²) in [7, 11) is 0. The molecule has 0 radical (unpaired) electrons. The lowest BCUT2D eigenvalue weighted by Gasteiger charge is -2.10. The summed E-state index contributed by atoms with van der Waals surface area (Å²) in [5.74, 6) is 0.713. The Kier molecular flexibility index (Phi) is 5.62. The Hall–Kier alpha value is -1.11. The van der Waals surface area contributed by atoms with Gasteiger partial charge in [-0.15, -0.1) is 5.10 Å². The van der Waals surface area contributed by atoms with Crippen molar-refractivity contribution in [2.24, 2.45) is 0 Å². The van der Waals surface area contributed by atoms with Gasteiger partial charge in [-0.05, 0) is 36.6 Å². The fraction of sp³-hybridized carbons (Fsp3) is 0.833. The van der Waals surface area contributed by atoms with Gasteiger partial charge in [-0.3, -0.25) is 4.79 Å². The van der Waals surface area contributed by atoms with E-state index in [0.29, 0.717) is 19.1 Å². The Balaban J connectivity index is 1.74. The van der Waals surface area contributed by atoms with E-state index in [4.69, 9.17) is 4.74 Å². The van der Waals surface area contributed by atoms with E-state index in [9.17, 15) is 4.79 Å². The van der Waals surface area contributed by atoms with Crippen molar-refractivity contribution in [1.82, 2.24) is 20.2 Å². The quantitative estimate of drug-likeness (QED) is 0.434. The Morgan fingerprint density at radius 2 is 2.26 bits per heavy atom. The van der Waals surface area contributed by atoms with Gasteiger partial charge in [0.15, 0.2) is 0 Å². The summed E-state index contributed by atoms with van der Waals surface area (Å²) in [5.41, 5.74) is 0. The maximum absolute atomic E-state index is 11.2. The van der Waals surface area contributed by atoms with Gasteiger partial charge < -0.3 is 4.74 Å². The van der Waals surface area contributed by atoms with Gasteiger partial charge in [0, 0.05) is 12.2 Å². The number of tetrazole rings is 1. The molecule has 0 N–H and O–H groups in total. The van der Waals surface area contributed by atoms with E-state index in [1.165, 1.54) is 25.7 Å². The normalized spacial score (nSPS) is 15.8. The third-order valence-corrected chi connectivity index (χ3v) is 4.21. The van der Waals surface area contributed by atoms with Gasteiger partial charge in [0.25, 0.3) is 0 Å². The van der Waals surface area contributed by atoms with Crippen LogP contribution in [0, 0.1) is 0 Å². The second kappa shape index (κ2) is 7.47. The molecule has 1 fully saturated rings. The average Bonchev–Trinajstić information content (AvgIpc) is 3.05. The van der Waals surface area contributed by atoms with Gasteiger partial charge in [-0.2, -0.15) is 0 Å². The highest BCUT2D eigenvalue weighted by molar-refractivity contribution is 7.99. The van der Waals surface area contributed by atoms with E-state index < -0.39 is 0 Å². The van der Waals surface area contributed by atoms with Gasteiger partial charge in [-0.1, -0.05) is 24.6 Å². The first-order chi connectivity index (χ1) is 9.31. The number of nitrogens with zero attached hydrogens (tertiary/aromatic N) is 4. The van der Waals surface area contributed by atoms with Crippen molar-refractivity contribution >= 4 is 17.7 Å². The Bertz CT molecular complexity index is 404. The van der Waals surface area contributed by atoms with Gasteiger partial charge in [0.1, 0.15) is 0 Å². The van der Waals surface area contributed by atoms with Crippen molar-refractivity contribution in [2.75, 3.05) is 12.4 Å². The topological polar surface area (TPSA) is 69.9 Å². The molecule has 106 valence electrons. The zero-order chi connectivity index (χ0) is 13.5. The Labute approximate surface area is 117 Å². The first-order valence-electron chi connectivity index (χ1n) is 6.87. The van der Waals surface area contributed by atoms with Gasteiger partial charge >= 0.3 is 5.97 Å². The smallest absolute Gasteiger partial charge is 0.305 e. The summed E-state index contributed by atoms with van der Waals surface area (Å²) in [4.78, 5) is 11.2. The van der Waals surface area contributed by atoms with Crippen LogP contribution >= 0.6 is 11.8 Å². The molecule has 0 unspecified atom stereocenters. The molecule has 0 amide bonds. The van der Waals surface area contributed by atoms with Crippen LogP contribution in [-0.4, -0.2) is 38.5 Å². The van der Waals surface area contributed by atoms with E-state index in [0.717, 1.165) is 17.3 Å². The Morgan fingerprint density at radius 1 is 1.47 bits per heavy atom. The number of hydrogen-bond donors (Lipinski definition) is 0. The minimum Gasteiger partial charge on any atom is -0.466 e. The molecule has 1 saturated carbocycles. The summed E-state index contributed by atoms with van der Waals surface area (Å²) in [5, 5.41) is 12.8. The van der Waals surface area contributed by atoms with Crippen LogP contribution in [0.15, 0.2) is 5.16 Å². The molecular formula is C12H20N4O2S. The standard InChI is InChI=1S/C12H20N4O2S/c1-2-18-11(17)8-5-9-19-12-13-14-15-16(12)10-6-3-4-7-10/h10H,2-9H2,1H3. The van der Waals surface area contributed by atoms with Crippen molar-refractivity contribution in [1.29, 1.82) is 0 Å². The number of hydrogen-bond acceptors (Lipinski definition) is 6. The SMILES string of the molecule is CCOC(=O)CCCSc1nnnn1C1CCCC1. The van der Waals surface area contributed by atoms with Gasteiger partial charge in [-0.25, -0.2) is 4.68 Å². The number of thioether (sulfide) groups is 1. The lowest BCUT2D eigenvalue weighted by atomic mass is 10.3. The molecule has 0 atom stereocenters. The Morgan fingerprint density at radius 3 is 3.00 bits per heavy atom. The average molecular weight is 284 g/mol. The molecule has 2 rings (SSSR count). The molecule has 7 heteroatoms. The molecule has 0 aromatic carbocycles. The third-order valence-electron chi connectivity index (χ3n) is 3.19. The number of aromatic nitrogens is 4. The van der Waals surface area contributed by atoms with Crippen molar-refractivity contribution in [3.8, 4) is 0 Å². The maximum atomic E-state index is 11.2. The molecule has 1 aromatic heterocycles. The number of rotatable bonds is 7. The minimum absolute atomic E-state index is 0.126. The highest BCUT2D eigenvalue weighted by Crippen LogP contribution is 2.31. The van der Waals surface area contributed by atoms with Crippen LogP contribution in [0.25, 0.3) is 0 Å². The molecule has 1 aromatic rings. The summed E-state index contributed by atoms with van der Waals surface area (Å²) >= 11 is 1.62. The van der Waals surface area contributed by atoms with Crippen LogP contribution < -0.4 is 0 Å². The van der Waals surface area contributed by atoms with Crippen LogP contribution in [0.5, 0.6) is 0 Å². The highest BCUT2D eigenvalue weighted by Gasteiger charge is 2.21. The molecule has 0 saturated heterocycles. The molecule has 19 heavy (non-hydrogen) atoms. The number of ether oxygens (including phenoxy) is 1. The fourth-order valence-electron chi connectivity index (χ4n) is 2.27. The zero-order valence-corrected chi connectivity index (χ0v) is 12.1. The zero-order valence-electron chi connectivity index (χ0n) is 11.2. The molecule has 0 spiro atoms. The molecule has 6 nitrogen and oxygen atoms in total. The third kappa shape index (κ3) is 4.19. The largest absolute Gasteiger partial charge is 0.466 e. The van der Waals surface area contributed by atoms with Crippen LogP contribution in [0.2, 0.25) is 0 Å². The monoisotopic (exact) mass is 284 g/mol. The van der Waals surface area contributed by atoms with Crippen LogP contribution in [0.1, 0.15) is 51.5 Å². The first kappa shape index (κ1) is 14.3. The van der Waals surface area contributed by atoms with Crippen LogP contribution in [0.4, 0.5) is 0 Å². The highest BCUT2D eigenvalue weighted by atomic mass is 32.2. The second-order valence-electron chi connectivity index (χ2n) is 4.60. The van der Waals surface area contributed by atoms with E-state index in [1.807, 2.05) is 11.6 Å².